The van der Waals surface area contributed by atoms with Gasteiger partial charge >= 0.3 is 0 Å². The Morgan fingerprint density at radius 3 is 2.78 bits per heavy atom. The molecule has 1 unspecified atom stereocenters. The summed E-state index contributed by atoms with van der Waals surface area (Å²) in [5.74, 6) is 3.58. The van der Waals surface area contributed by atoms with E-state index in [9.17, 15) is 0 Å². The number of benzene rings is 1. The smallest absolute Gasteiger partial charge is 0.152 e. The number of hydrogen-bond donors (Lipinski definition) is 0. The second kappa shape index (κ2) is 8.05. The monoisotopic (exact) mass is 364 g/mol. The number of aromatic nitrogens is 5. The quantitative estimate of drug-likeness (QED) is 0.675. The molecule has 0 N–H and O–H groups in total. The summed E-state index contributed by atoms with van der Waals surface area (Å²) in [6, 6.07) is 10.8. The number of nitrogens with zero attached hydrogens (tertiary/aromatic N) is 6. The van der Waals surface area contributed by atoms with Crippen molar-refractivity contribution in [1.29, 1.82) is 0 Å². The molecule has 3 aromatic rings. The first-order valence-electron chi connectivity index (χ1n) is 9.83. The van der Waals surface area contributed by atoms with E-state index in [4.69, 9.17) is 0 Å². The summed E-state index contributed by atoms with van der Waals surface area (Å²) in [7, 11) is 2.10. The van der Waals surface area contributed by atoms with Gasteiger partial charge in [-0.3, -0.25) is 0 Å². The van der Waals surface area contributed by atoms with Crippen LogP contribution in [0.2, 0.25) is 0 Å². The summed E-state index contributed by atoms with van der Waals surface area (Å²) in [6.07, 6.45) is 7.35. The van der Waals surface area contributed by atoms with Crippen LogP contribution in [0.1, 0.15) is 41.8 Å². The molecule has 0 spiro atoms. The lowest BCUT2D eigenvalue weighted by Crippen LogP contribution is -2.36. The first-order valence-corrected chi connectivity index (χ1v) is 9.83. The Bertz CT molecular complexity index is 866. The molecule has 1 aliphatic rings. The van der Waals surface area contributed by atoms with Gasteiger partial charge < -0.3 is 14.0 Å². The van der Waals surface area contributed by atoms with Gasteiger partial charge in [-0.2, -0.15) is 0 Å². The van der Waals surface area contributed by atoms with Gasteiger partial charge in [0.2, 0.25) is 0 Å². The van der Waals surface area contributed by atoms with Crippen LogP contribution in [0.15, 0.2) is 42.7 Å². The van der Waals surface area contributed by atoms with E-state index in [1.165, 1.54) is 24.9 Å². The molecule has 1 atom stereocenters. The molecular weight excluding hydrogens is 336 g/mol. The number of rotatable bonds is 6. The van der Waals surface area contributed by atoms with Gasteiger partial charge in [-0.05, 0) is 38.3 Å². The number of aryl methyl sites for hydroxylation is 1. The van der Waals surface area contributed by atoms with Crippen LogP contribution in [0.3, 0.4) is 0 Å². The van der Waals surface area contributed by atoms with Crippen molar-refractivity contribution in [3.05, 3.63) is 65.8 Å². The van der Waals surface area contributed by atoms with E-state index in [1.807, 2.05) is 19.3 Å². The molecule has 0 bridgehead atoms. The molecule has 0 amide bonds. The summed E-state index contributed by atoms with van der Waals surface area (Å²) in [5.41, 5.74) is 1.41. The molecule has 3 heterocycles. The summed E-state index contributed by atoms with van der Waals surface area (Å²) in [5, 5.41) is 9.03. The molecule has 1 saturated heterocycles. The largest absolute Gasteiger partial charge is 0.328 e. The maximum Gasteiger partial charge on any atom is 0.152 e. The lowest BCUT2D eigenvalue weighted by atomic mass is 9.96. The first kappa shape index (κ1) is 17.9. The van der Waals surface area contributed by atoms with Gasteiger partial charge in [-0.15, -0.1) is 10.2 Å². The third-order valence-corrected chi connectivity index (χ3v) is 5.66. The third kappa shape index (κ3) is 4.11. The Morgan fingerprint density at radius 1 is 1.15 bits per heavy atom. The Morgan fingerprint density at radius 2 is 2.00 bits per heavy atom. The molecule has 1 aromatic carbocycles. The first-order chi connectivity index (χ1) is 13.2. The fraction of sp³-hybridized carbons (Fsp3) is 0.476. The minimum atomic E-state index is 0.463. The minimum Gasteiger partial charge on any atom is -0.328 e. The SMILES string of the molecule is Cc1nccn1Cc1nnc(C2CCCN(CCc3ccccc3)C2)n1C. The van der Waals surface area contributed by atoms with Crippen LogP contribution < -0.4 is 0 Å². The molecule has 0 aliphatic carbocycles. The molecule has 0 saturated carbocycles. The van der Waals surface area contributed by atoms with Crippen molar-refractivity contribution in [1.82, 2.24) is 29.2 Å². The second-order valence-electron chi connectivity index (χ2n) is 7.51. The van der Waals surface area contributed by atoms with Crippen molar-refractivity contribution in [2.75, 3.05) is 19.6 Å². The van der Waals surface area contributed by atoms with E-state index >= 15 is 0 Å². The van der Waals surface area contributed by atoms with Crippen LogP contribution >= 0.6 is 0 Å². The van der Waals surface area contributed by atoms with E-state index in [0.29, 0.717) is 5.92 Å². The summed E-state index contributed by atoms with van der Waals surface area (Å²) < 4.78 is 4.30. The highest BCUT2D eigenvalue weighted by Gasteiger charge is 2.25. The lowest BCUT2D eigenvalue weighted by Gasteiger charge is -2.32. The molecule has 6 heteroatoms. The van der Waals surface area contributed by atoms with Crippen LogP contribution in [0.25, 0.3) is 0 Å². The second-order valence-corrected chi connectivity index (χ2v) is 7.51. The maximum atomic E-state index is 4.55. The Labute approximate surface area is 160 Å². The van der Waals surface area contributed by atoms with E-state index in [0.717, 1.165) is 43.5 Å². The van der Waals surface area contributed by atoms with Crippen LogP contribution in [-0.4, -0.2) is 48.8 Å². The zero-order valence-electron chi connectivity index (χ0n) is 16.3. The lowest BCUT2D eigenvalue weighted by molar-refractivity contribution is 0.204. The zero-order valence-corrected chi connectivity index (χ0v) is 16.3. The Hall–Kier alpha value is -2.47. The van der Waals surface area contributed by atoms with E-state index in [-0.39, 0.29) is 0 Å². The molecule has 6 nitrogen and oxygen atoms in total. The van der Waals surface area contributed by atoms with Crippen molar-refractivity contribution >= 4 is 0 Å². The van der Waals surface area contributed by atoms with Crippen molar-refractivity contribution in [3.63, 3.8) is 0 Å². The topological polar surface area (TPSA) is 51.8 Å². The molecule has 1 aliphatic heterocycles. The van der Waals surface area contributed by atoms with Gasteiger partial charge in [-0.1, -0.05) is 30.3 Å². The van der Waals surface area contributed by atoms with Gasteiger partial charge in [0.15, 0.2) is 5.82 Å². The normalized spacial score (nSPS) is 18.1. The number of hydrogen-bond acceptors (Lipinski definition) is 4. The summed E-state index contributed by atoms with van der Waals surface area (Å²) >= 11 is 0. The molecule has 27 heavy (non-hydrogen) atoms. The fourth-order valence-corrected chi connectivity index (χ4v) is 3.99. The van der Waals surface area contributed by atoms with Gasteiger partial charge in [-0.25, -0.2) is 4.98 Å². The van der Waals surface area contributed by atoms with Crippen LogP contribution in [0.5, 0.6) is 0 Å². The highest BCUT2D eigenvalue weighted by atomic mass is 15.3. The van der Waals surface area contributed by atoms with Gasteiger partial charge in [0.25, 0.3) is 0 Å². The van der Waals surface area contributed by atoms with Gasteiger partial charge in [0, 0.05) is 38.4 Å². The maximum absolute atomic E-state index is 4.55. The van der Waals surface area contributed by atoms with Crippen molar-refractivity contribution in [3.8, 4) is 0 Å². The van der Waals surface area contributed by atoms with E-state index < -0.39 is 0 Å². The molecular formula is C21H28N6. The van der Waals surface area contributed by atoms with E-state index in [1.54, 1.807) is 0 Å². The number of likely N-dealkylation sites (tertiary alicyclic amines) is 1. The minimum absolute atomic E-state index is 0.463. The Kier molecular flexibility index (Phi) is 5.34. The highest BCUT2D eigenvalue weighted by molar-refractivity contribution is 5.15. The molecule has 1 fully saturated rings. The van der Waals surface area contributed by atoms with Gasteiger partial charge in [0.05, 0.1) is 6.54 Å². The van der Waals surface area contributed by atoms with Crippen molar-refractivity contribution < 1.29 is 0 Å². The average molecular weight is 364 g/mol. The fourth-order valence-electron chi connectivity index (χ4n) is 3.99. The molecule has 2 aromatic heterocycles. The van der Waals surface area contributed by atoms with E-state index in [2.05, 4.69) is 66.6 Å². The zero-order chi connectivity index (χ0) is 18.6. The summed E-state index contributed by atoms with van der Waals surface area (Å²) in [4.78, 5) is 6.87. The van der Waals surface area contributed by atoms with Crippen molar-refractivity contribution in [2.24, 2.45) is 7.05 Å². The van der Waals surface area contributed by atoms with Crippen molar-refractivity contribution in [2.45, 2.75) is 38.6 Å². The third-order valence-electron chi connectivity index (χ3n) is 5.66. The highest BCUT2D eigenvalue weighted by Crippen LogP contribution is 2.26. The van der Waals surface area contributed by atoms with Gasteiger partial charge in [0.1, 0.15) is 11.6 Å². The standard InChI is InChI=1S/C21H28N6/c1-17-22-11-14-27(17)16-20-23-24-21(25(20)2)19-9-6-12-26(15-19)13-10-18-7-4-3-5-8-18/h3-5,7-8,11,14,19H,6,9-10,12-13,15-16H2,1-2H3. The van der Waals surface area contributed by atoms with Crippen LogP contribution in [0, 0.1) is 6.92 Å². The molecule has 0 radical (unpaired) electrons. The van der Waals surface area contributed by atoms with Crippen LogP contribution in [0.4, 0.5) is 0 Å². The predicted molar refractivity (Wildman–Crippen MR) is 106 cm³/mol. The number of imidazole rings is 1. The van der Waals surface area contributed by atoms with Crippen LogP contribution in [-0.2, 0) is 20.0 Å². The average Bonchev–Trinajstić information content (AvgIpc) is 3.27. The Balaban J connectivity index is 1.40. The molecule has 4 rings (SSSR count). The molecule has 142 valence electrons. The predicted octanol–water partition coefficient (Wildman–Crippen LogP) is 2.79. The summed E-state index contributed by atoms with van der Waals surface area (Å²) in [6.45, 7) is 6.10. The number of piperidine rings is 1.